The highest BCUT2D eigenvalue weighted by Gasteiger charge is 2.31. The van der Waals surface area contributed by atoms with E-state index in [1.54, 1.807) is 0 Å². The Balaban J connectivity index is 2.55. The van der Waals surface area contributed by atoms with E-state index in [2.05, 4.69) is 15.1 Å². The zero-order chi connectivity index (χ0) is 13.5. The fourth-order valence-electron chi connectivity index (χ4n) is 1.35. The molecule has 5 nitrogen and oxygen atoms in total. The number of hydrogen-bond acceptors (Lipinski definition) is 3. The number of halogens is 4. The Morgan fingerprint density at radius 3 is 2.56 bits per heavy atom. The molecule has 0 spiro atoms. The number of aryl methyl sites for hydroxylation is 1. The Morgan fingerprint density at radius 1 is 1.44 bits per heavy atom. The molecule has 0 aliphatic heterocycles. The van der Waals surface area contributed by atoms with Crippen LogP contribution in [0.4, 0.5) is 13.2 Å². The molecule has 0 amide bonds. The van der Waals surface area contributed by atoms with Gasteiger partial charge in [-0.25, -0.2) is 19.6 Å². The zero-order valence-corrected chi connectivity index (χ0v) is 9.67. The Morgan fingerprint density at radius 2 is 2.11 bits per heavy atom. The van der Waals surface area contributed by atoms with Crippen molar-refractivity contribution in [3.63, 3.8) is 0 Å². The van der Waals surface area contributed by atoms with Crippen LogP contribution in [0.15, 0.2) is 17.1 Å². The number of aromatic nitrogens is 4. The number of nitrogens with one attached hydrogen (secondary N) is 1. The van der Waals surface area contributed by atoms with Crippen molar-refractivity contribution in [3.8, 4) is 5.82 Å². The van der Waals surface area contributed by atoms with Gasteiger partial charge in [-0.3, -0.25) is 0 Å². The number of hydrogen-bond donors (Lipinski definition) is 1. The predicted molar refractivity (Wildman–Crippen MR) is 56.7 cm³/mol. The standard InChI is InChI=1S/C9H6ClF3N4O/c1-4-15-8(18)16-17(4)7-6(10)2-5(3-14-7)9(11,12)13/h2-3H,1H3,(H,16,18). The predicted octanol–water partition coefficient (Wildman–Crippen LogP) is 1.94. The molecule has 0 saturated carbocycles. The molecule has 0 unspecified atom stereocenters. The van der Waals surface area contributed by atoms with E-state index in [0.717, 1.165) is 10.7 Å². The Labute approximate surface area is 103 Å². The van der Waals surface area contributed by atoms with Crippen molar-refractivity contribution in [1.29, 1.82) is 0 Å². The van der Waals surface area contributed by atoms with Crippen LogP contribution in [0.5, 0.6) is 0 Å². The molecular formula is C9H6ClF3N4O. The van der Waals surface area contributed by atoms with Crippen molar-refractivity contribution in [2.24, 2.45) is 0 Å². The van der Waals surface area contributed by atoms with E-state index in [9.17, 15) is 18.0 Å². The van der Waals surface area contributed by atoms with Crippen LogP contribution in [0.2, 0.25) is 5.02 Å². The number of pyridine rings is 1. The molecule has 0 bridgehead atoms. The second kappa shape index (κ2) is 4.13. The van der Waals surface area contributed by atoms with Gasteiger partial charge in [-0.05, 0) is 13.0 Å². The third-order valence-electron chi connectivity index (χ3n) is 2.16. The average Bonchev–Trinajstić information content (AvgIpc) is 2.56. The average molecular weight is 279 g/mol. The lowest BCUT2D eigenvalue weighted by Gasteiger charge is -2.09. The topological polar surface area (TPSA) is 63.6 Å². The number of H-pyrrole nitrogens is 1. The lowest BCUT2D eigenvalue weighted by atomic mass is 10.3. The molecular weight excluding hydrogens is 273 g/mol. The fourth-order valence-corrected chi connectivity index (χ4v) is 1.61. The monoisotopic (exact) mass is 278 g/mol. The molecule has 0 radical (unpaired) electrons. The number of aromatic amines is 1. The van der Waals surface area contributed by atoms with Crippen molar-refractivity contribution in [1.82, 2.24) is 19.7 Å². The van der Waals surface area contributed by atoms with Crippen LogP contribution in [0, 0.1) is 6.92 Å². The van der Waals surface area contributed by atoms with Gasteiger partial charge in [0.15, 0.2) is 5.82 Å². The van der Waals surface area contributed by atoms with Crippen LogP contribution < -0.4 is 5.69 Å². The van der Waals surface area contributed by atoms with Gasteiger partial charge in [-0.15, -0.1) is 0 Å². The summed E-state index contributed by atoms with van der Waals surface area (Å²) < 4.78 is 38.3. The second-order valence-electron chi connectivity index (χ2n) is 3.44. The van der Waals surface area contributed by atoms with Crippen LogP contribution in [-0.2, 0) is 6.18 Å². The molecule has 0 atom stereocenters. The lowest BCUT2D eigenvalue weighted by molar-refractivity contribution is -0.137. The van der Waals surface area contributed by atoms with Gasteiger partial charge in [0, 0.05) is 6.20 Å². The van der Waals surface area contributed by atoms with Gasteiger partial charge in [0.25, 0.3) is 0 Å². The largest absolute Gasteiger partial charge is 0.417 e. The molecule has 2 heterocycles. The molecule has 0 saturated heterocycles. The van der Waals surface area contributed by atoms with Crippen molar-refractivity contribution >= 4 is 11.6 Å². The van der Waals surface area contributed by atoms with E-state index < -0.39 is 17.4 Å². The first-order valence-electron chi connectivity index (χ1n) is 4.68. The third-order valence-corrected chi connectivity index (χ3v) is 2.43. The number of rotatable bonds is 1. The minimum absolute atomic E-state index is 0.0169. The summed E-state index contributed by atoms with van der Waals surface area (Å²) in [7, 11) is 0. The first-order chi connectivity index (χ1) is 8.29. The molecule has 0 aliphatic rings. The van der Waals surface area contributed by atoms with E-state index in [0.29, 0.717) is 6.20 Å². The summed E-state index contributed by atoms with van der Waals surface area (Å²) in [6.07, 6.45) is -3.88. The third kappa shape index (κ3) is 2.23. The molecule has 96 valence electrons. The maximum Gasteiger partial charge on any atom is 0.417 e. The molecule has 0 aliphatic carbocycles. The quantitative estimate of drug-likeness (QED) is 0.867. The SMILES string of the molecule is Cc1nc(=O)[nH]n1-c1ncc(C(F)(F)F)cc1Cl. The summed E-state index contributed by atoms with van der Waals surface area (Å²) in [6, 6.07) is 0.738. The fraction of sp³-hybridized carbons (Fsp3) is 0.222. The lowest BCUT2D eigenvalue weighted by Crippen LogP contribution is -2.10. The smallest absolute Gasteiger partial charge is 0.244 e. The van der Waals surface area contributed by atoms with Gasteiger partial charge >= 0.3 is 11.9 Å². The molecule has 2 aromatic rings. The minimum atomic E-state index is -4.52. The molecule has 0 aromatic carbocycles. The van der Waals surface area contributed by atoms with Crippen molar-refractivity contribution < 1.29 is 13.2 Å². The Bertz CT molecular complexity index is 646. The van der Waals surface area contributed by atoms with Crippen LogP contribution in [0.3, 0.4) is 0 Å². The zero-order valence-electron chi connectivity index (χ0n) is 8.92. The Kier molecular flexibility index (Phi) is 2.89. The van der Waals surface area contributed by atoms with Crippen LogP contribution in [0.25, 0.3) is 5.82 Å². The van der Waals surface area contributed by atoms with Gasteiger partial charge in [-0.2, -0.15) is 18.2 Å². The van der Waals surface area contributed by atoms with E-state index in [1.807, 2.05) is 0 Å². The summed E-state index contributed by atoms with van der Waals surface area (Å²) in [5, 5.41) is 2.05. The first kappa shape index (κ1) is 12.6. The van der Waals surface area contributed by atoms with Crippen LogP contribution >= 0.6 is 11.6 Å². The summed E-state index contributed by atoms with van der Waals surface area (Å²) in [4.78, 5) is 18.1. The highest BCUT2D eigenvalue weighted by atomic mass is 35.5. The van der Waals surface area contributed by atoms with E-state index >= 15 is 0 Å². The highest BCUT2D eigenvalue weighted by Crippen LogP contribution is 2.31. The van der Waals surface area contributed by atoms with Crippen molar-refractivity contribution in [2.75, 3.05) is 0 Å². The summed E-state index contributed by atoms with van der Waals surface area (Å²) in [5.74, 6) is 0.228. The van der Waals surface area contributed by atoms with Crippen molar-refractivity contribution in [2.45, 2.75) is 13.1 Å². The first-order valence-corrected chi connectivity index (χ1v) is 5.05. The van der Waals surface area contributed by atoms with Gasteiger partial charge < -0.3 is 0 Å². The van der Waals surface area contributed by atoms with Gasteiger partial charge in [-0.1, -0.05) is 11.6 Å². The maximum absolute atomic E-state index is 12.4. The molecule has 0 fully saturated rings. The van der Waals surface area contributed by atoms with Crippen molar-refractivity contribution in [3.05, 3.63) is 39.2 Å². The maximum atomic E-state index is 12.4. The van der Waals surface area contributed by atoms with E-state index in [4.69, 9.17) is 11.6 Å². The number of nitrogens with zero attached hydrogens (tertiary/aromatic N) is 3. The van der Waals surface area contributed by atoms with Gasteiger partial charge in [0.2, 0.25) is 0 Å². The summed E-state index contributed by atoms with van der Waals surface area (Å²) >= 11 is 5.72. The summed E-state index contributed by atoms with van der Waals surface area (Å²) in [5.41, 5.74) is -1.60. The molecule has 18 heavy (non-hydrogen) atoms. The normalized spacial score (nSPS) is 11.8. The van der Waals surface area contributed by atoms with E-state index in [-0.39, 0.29) is 16.7 Å². The Hall–Kier alpha value is -1.83. The number of alkyl halides is 3. The van der Waals surface area contributed by atoms with E-state index in [1.165, 1.54) is 6.92 Å². The summed E-state index contributed by atoms with van der Waals surface area (Å²) in [6.45, 7) is 1.49. The second-order valence-corrected chi connectivity index (χ2v) is 3.85. The molecule has 9 heteroatoms. The van der Waals surface area contributed by atoms with Gasteiger partial charge in [0.05, 0.1) is 10.6 Å². The van der Waals surface area contributed by atoms with Gasteiger partial charge in [0.1, 0.15) is 5.82 Å². The van der Waals surface area contributed by atoms with Crippen LogP contribution in [0.1, 0.15) is 11.4 Å². The van der Waals surface area contributed by atoms with Crippen LogP contribution in [-0.4, -0.2) is 19.7 Å². The molecule has 2 rings (SSSR count). The molecule has 1 N–H and O–H groups in total. The highest BCUT2D eigenvalue weighted by molar-refractivity contribution is 6.32. The molecule has 2 aromatic heterocycles. The minimum Gasteiger partial charge on any atom is -0.244 e.